The van der Waals surface area contributed by atoms with E-state index < -0.39 is 0 Å². The molecular weight excluding hydrogens is 178 g/mol. The van der Waals surface area contributed by atoms with Gasteiger partial charge >= 0.3 is 0 Å². The molecular formula is C11H7NO2. The summed E-state index contributed by atoms with van der Waals surface area (Å²) in [5.74, 6) is 0. The predicted molar refractivity (Wildman–Crippen MR) is 52.7 cm³/mol. The van der Waals surface area contributed by atoms with E-state index in [1.54, 1.807) is 12.3 Å². The fraction of sp³-hybridized carbons (Fsp3) is 0. The molecule has 0 radical (unpaired) electrons. The summed E-state index contributed by atoms with van der Waals surface area (Å²) >= 11 is 0. The van der Waals surface area contributed by atoms with Gasteiger partial charge in [0.05, 0.1) is 11.6 Å². The Morgan fingerprint density at radius 1 is 1.14 bits per heavy atom. The SMILES string of the molecule is [O-][n+]1cccc2ccc3occc3c21. The number of pyridine rings is 1. The Balaban J connectivity index is 2.67. The number of aromatic nitrogens is 1. The number of hydrogen-bond acceptors (Lipinski definition) is 2. The lowest BCUT2D eigenvalue weighted by atomic mass is 10.1. The van der Waals surface area contributed by atoms with Gasteiger partial charge in [0.15, 0.2) is 6.20 Å². The summed E-state index contributed by atoms with van der Waals surface area (Å²) in [6.45, 7) is 0. The molecule has 68 valence electrons. The fourth-order valence-electron chi connectivity index (χ4n) is 1.73. The Morgan fingerprint density at radius 3 is 3.00 bits per heavy atom. The monoisotopic (exact) mass is 185 g/mol. The van der Waals surface area contributed by atoms with E-state index in [-0.39, 0.29) is 0 Å². The zero-order valence-corrected chi connectivity index (χ0v) is 7.31. The molecule has 0 aliphatic rings. The maximum atomic E-state index is 11.6. The van der Waals surface area contributed by atoms with Gasteiger partial charge in [0, 0.05) is 11.5 Å². The van der Waals surface area contributed by atoms with Crippen LogP contribution in [0.1, 0.15) is 0 Å². The Labute approximate surface area is 79.8 Å². The maximum Gasteiger partial charge on any atom is 0.234 e. The highest BCUT2D eigenvalue weighted by Crippen LogP contribution is 2.22. The van der Waals surface area contributed by atoms with Crippen molar-refractivity contribution in [2.24, 2.45) is 0 Å². The van der Waals surface area contributed by atoms with Gasteiger partial charge in [-0.05, 0) is 24.3 Å². The molecule has 0 spiro atoms. The Hall–Kier alpha value is -2.03. The third-order valence-electron chi connectivity index (χ3n) is 2.36. The second-order valence-corrected chi connectivity index (χ2v) is 3.17. The molecule has 0 aliphatic carbocycles. The smallest absolute Gasteiger partial charge is 0.234 e. The molecule has 0 bridgehead atoms. The minimum absolute atomic E-state index is 0.666. The fourth-order valence-corrected chi connectivity index (χ4v) is 1.73. The van der Waals surface area contributed by atoms with Gasteiger partial charge in [0.1, 0.15) is 5.58 Å². The largest absolute Gasteiger partial charge is 0.618 e. The quantitative estimate of drug-likeness (QED) is 0.398. The van der Waals surface area contributed by atoms with Gasteiger partial charge in [0.25, 0.3) is 0 Å². The van der Waals surface area contributed by atoms with Gasteiger partial charge in [-0.1, -0.05) is 0 Å². The van der Waals surface area contributed by atoms with Crippen LogP contribution in [0.3, 0.4) is 0 Å². The molecule has 3 aromatic rings. The summed E-state index contributed by atoms with van der Waals surface area (Å²) in [5.41, 5.74) is 1.41. The number of fused-ring (bicyclic) bond motifs is 3. The van der Waals surface area contributed by atoms with Crippen LogP contribution < -0.4 is 4.73 Å². The molecule has 0 N–H and O–H groups in total. The zero-order chi connectivity index (χ0) is 9.54. The van der Waals surface area contributed by atoms with Gasteiger partial charge in [-0.15, -0.1) is 0 Å². The van der Waals surface area contributed by atoms with Gasteiger partial charge in [-0.25, -0.2) is 0 Å². The van der Waals surface area contributed by atoms with Crippen molar-refractivity contribution in [2.75, 3.05) is 0 Å². The second kappa shape index (κ2) is 2.48. The normalized spacial score (nSPS) is 11.1. The summed E-state index contributed by atoms with van der Waals surface area (Å²) in [6, 6.07) is 9.22. The summed E-state index contributed by atoms with van der Waals surface area (Å²) in [7, 11) is 0. The average molecular weight is 185 g/mol. The van der Waals surface area contributed by atoms with E-state index in [2.05, 4.69) is 0 Å². The van der Waals surface area contributed by atoms with E-state index in [4.69, 9.17) is 4.42 Å². The number of benzene rings is 1. The third kappa shape index (κ3) is 0.836. The highest BCUT2D eigenvalue weighted by molar-refractivity contribution is 6.01. The van der Waals surface area contributed by atoms with Crippen LogP contribution in [0.5, 0.6) is 0 Å². The minimum Gasteiger partial charge on any atom is -0.618 e. The molecule has 0 amide bonds. The summed E-state index contributed by atoms with van der Waals surface area (Å²) in [4.78, 5) is 0. The lowest BCUT2D eigenvalue weighted by Gasteiger charge is -2.00. The maximum absolute atomic E-state index is 11.6. The minimum atomic E-state index is 0.666. The molecule has 0 saturated heterocycles. The molecule has 2 aromatic heterocycles. The first-order valence-corrected chi connectivity index (χ1v) is 4.34. The van der Waals surface area contributed by atoms with Crippen molar-refractivity contribution < 1.29 is 9.15 Å². The second-order valence-electron chi connectivity index (χ2n) is 3.17. The molecule has 0 fully saturated rings. The van der Waals surface area contributed by atoms with Gasteiger partial charge in [-0.3, -0.25) is 0 Å². The highest BCUT2D eigenvalue weighted by Gasteiger charge is 2.09. The molecule has 3 nitrogen and oxygen atoms in total. The first-order valence-electron chi connectivity index (χ1n) is 4.34. The van der Waals surface area contributed by atoms with Gasteiger partial charge in [0.2, 0.25) is 5.52 Å². The third-order valence-corrected chi connectivity index (χ3v) is 2.36. The molecule has 1 aromatic carbocycles. The Bertz CT molecular complexity index is 613. The molecule has 0 atom stereocenters. The van der Waals surface area contributed by atoms with Crippen molar-refractivity contribution in [3.05, 3.63) is 48.0 Å². The molecule has 0 saturated carbocycles. The number of furan rings is 1. The molecule has 14 heavy (non-hydrogen) atoms. The lowest BCUT2D eigenvalue weighted by molar-refractivity contribution is -0.576. The van der Waals surface area contributed by atoms with Crippen molar-refractivity contribution in [3.8, 4) is 0 Å². The van der Waals surface area contributed by atoms with Crippen LogP contribution in [0, 0.1) is 5.21 Å². The van der Waals surface area contributed by atoms with Crippen LogP contribution in [-0.4, -0.2) is 0 Å². The van der Waals surface area contributed by atoms with Crippen LogP contribution in [-0.2, 0) is 0 Å². The molecule has 0 aliphatic heterocycles. The summed E-state index contributed by atoms with van der Waals surface area (Å²) in [5, 5.41) is 13.4. The van der Waals surface area contributed by atoms with Crippen molar-refractivity contribution in [1.29, 1.82) is 0 Å². The van der Waals surface area contributed by atoms with Crippen LogP contribution in [0.4, 0.5) is 0 Å². The summed E-state index contributed by atoms with van der Waals surface area (Å²) in [6.07, 6.45) is 3.09. The molecule has 0 unspecified atom stereocenters. The van der Waals surface area contributed by atoms with E-state index >= 15 is 0 Å². The first-order chi connectivity index (χ1) is 6.86. The van der Waals surface area contributed by atoms with Crippen molar-refractivity contribution in [1.82, 2.24) is 0 Å². The van der Waals surface area contributed by atoms with E-state index in [1.165, 1.54) is 6.20 Å². The van der Waals surface area contributed by atoms with E-state index in [0.717, 1.165) is 21.1 Å². The van der Waals surface area contributed by atoms with E-state index in [9.17, 15) is 5.21 Å². The van der Waals surface area contributed by atoms with E-state index in [0.29, 0.717) is 5.52 Å². The topological polar surface area (TPSA) is 40.1 Å². The number of hydrogen-bond donors (Lipinski definition) is 0. The highest BCUT2D eigenvalue weighted by atomic mass is 16.5. The molecule has 3 heteroatoms. The number of rotatable bonds is 0. The van der Waals surface area contributed by atoms with Crippen LogP contribution in [0.15, 0.2) is 47.2 Å². The Kier molecular flexibility index (Phi) is 1.31. The summed E-state index contributed by atoms with van der Waals surface area (Å²) < 4.78 is 6.10. The average Bonchev–Trinajstić information content (AvgIpc) is 2.65. The van der Waals surface area contributed by atoms with Crippen LogP contribution >= 0.6 is 0 Å². The lowest BCUT2D eigenvalue weighted by Crippen LogP contribution is -2.25. The first kappa shape index (κ1) is 7.38. The van der Waals surface area contributed by atoms with E-state index in [1.807, 2.05) is 24.3 Å². The zero-order valence-electron chi connectivity index (χ0n) is 7.31. The molecule has 3 rings (SSSR count). The van der Waals surface area contributed by atoms with Gasteiger partial charge in [-0.2, -0.15) is 4.73 Å². The van der Waals surface area contributed by atoms with Gasteiger partial charge < -0.3 is 9.62 Å². The van der Waals surface area contributed by atoms with Crippen LogP contribution in [0.2, 0.25) is 0 Å². The van der Waals surface area contributed by atoms with Crippen LogP contribution in [0.25, 0.3) is 21.9 Å². The van der Waals surface area contributed by atoms with Crippen molar-refractivity contribution >= 4 is 21.9 Å². The Morgan fingerprint density at radius 2 is 2.07 bits per heavy atom. The van der Waals surface area contributed by atoms with Crippen molar-refractivity contribution in [3.63, 3.8) is 0 Å². The standard InChI is InChI=1S/C11H7NO2/c13-12-6-1-2-8-3-4-10-9(11(8)12)5-7-14-10/h1-7H. The van der Waals surface area contributed by atoms with Crippen molar-refractivity contribution in [2.45, 2.75) is 0 Å². The number of nitrogens with zero attached hydrogens (tertiary/aromatic N) is 1. The predicted octanol–water partition coefficient (Wildman–Crippen LogP) is 2.22. The molecule has 2 heterocycles.